The van der Waals surface area contributed by atoms with Crippen LogP contribution in [0.15, 0.2) is 36.5 Å². The highest BCUT2D eigenvalue weighted by molar-refractivity contribution is 5.98. The fourth-order valence-electron chi connectivity index (χ4n) is 2.31. The Hall–Kier alpha value is -1.11. The van der Waals surface area contributed by atoms with Crippen LogP contribution in [0.4, 0.5) is 0 Å². The monoisotopic (exact) mass is 218 g/mol. The van der Waals surface area contributed by atoms with E-state index < -0.39 is 0 Å². The van der Waals surface area contributed by atoms with E-state index in [4.69, 9.17) is 0 Å². The van der Waals surface area contributed by atoms with Crippen LogP contribution < -0.4 is 0 Å². The summed E-state index contributed by atoms with van der Waals surface area (Å²) in [5.74, 6) is 0.571. The van der Waals surface area contributed by atoms with Crippen molar-refractivity contribution in [1.82, 2.24) is 0 Å². The summed E-state index contributed by atoms with van der Waals surface area (Å²) in [4.78, 5) is 11.8. The third-order valence-corrected chi connectivity index (χ3v) is 3.17. The number of hydrogen-bond donors (Lipinski definition) is 0. The van der Waals surface area contributed by atoms with Crippen LogP contribution >= 0.6 is 0 Å². The first-order valence-corrected chi connectivity index (χ1v) is 5.89. The van der Waals surface area contributed by atoms with Crippen molar-refractivity contribution in [2.24, 2.45) is 11.3 Å². The fourth-order valence-corrected chi connectivity index (χ4v) is 2.31. The summed E-state index contributed by atoms with van der Waals surface area (Å²) in [6.07, 6.45) is 6.54. The first kappa shape index (κ1) is 13.0. The molecular formula is C15H22O. The molecule has 0 spiro atoms. The van der Waals surface area contributed by atoms with Gasteiger partial charge in [-0.2, -0.15) is 0 Å². The van der Waals surface area contributed by atoms with Gasteiger partial charge in [0.15, 0.2) is 5.78 Å². The normalized spacial score (nSPS) is 23.8. The van der Waals surface area contributed by atoms with Crippen molar-refractivity contribution in [3.8, 4) is 0 Å². The van der Waals surface area contributed by atoms with Crippen molar-refractivity contribution in [2.45, 2.75) is 40.0 Å². The standard InChI is InChI=1S/C15H22O/c1-6-9-15(4,5)10-13-12(11(2)3)7-8-14(13)16/h6,10,12H,1-2,7-9H2,3-5H3/b13-10+. The Balaban J connectivity index is 2.99. The molecule has 1 saturated carbocycles. The van der Waals surface area contributed by atoms with Gasteiger partial charge in [0, 0.05) is 12.3 Å². The first-order valence-electron chi connectivity index (χ1n) is 5.89. The van der Waals surface area contributed by atoms with Gasteiger partial charge in [0.2, 0.25) is 0 Å². The summed E-state index contributed by atoms with van der Waals surface area (Å²) in [5, 5.41) is 0. The molecule has 0 amide bonds. The van der Waals surface area contributed by atoms with Crippen molar-refractivity contribution in [2.75, 3.05) is 0 Å². The van der Waals surface area contributed by atoms with Crippen molar-refractivity contribution >= 4 is 5.78 Å². The van der Waals surface area contributed by atoms with E-state index in [1.807, 2.05) is 13.0 Å². The molecule has 1 aliphatic carbocycles. The molecule has 0 aromatic heterocycles. The van der Waals surface area contributed by atoms with Gasteiger partial charge in [0.05, 0.1) is 0 Å². The number of carbonyl (C=O) groups is 1. The zero-order chi connectivity index (χ0) is 12.3. The van der Waals surface area contributed by atoms with Crippen LogP contribution in [-0.2, 0) is 4.79 Å². The summed E-state index contributed by atoms with van der Waals surface area (Å²) >= 11 is 0. The minimum atomic E-state index is 0.0186. The van der Waals surface area contributed by atoms with Gasteiger partial charge in [-0.3, -0.25) is 4.79 Å². The lowest BCUT2D eigenvalue weighted by Gasteiger charge is -2.21. The molecule has 0 heterocycles. The molecule has 1 fully saturated rings. The van der Waals surface area contributed by atoms with Crippen molar-refractivity contribution < 1.29 is 4.79 Å². The number of allylic oxidation sites excluding steroid dienone is 4. The van der Waals surface area contributed by atoms with Crippen molar-refractivity contribution in [3.63, 3.8) is 0 Å². The van der Waals surface area contributed by atoms with Crippen LogP contribution in [0.2, 0.25) is 0 Å². The molecule has 0 saturated heterocycles. The molecule has 1 aliphatic rings. The van der Waals surface area contributed by atoms with Gasteiger partial charge in [-0.25, -0.2) is 0 Å². The summed E-state index contributed by atoms with van der Waals surface area (Å²) < 4.78 is 0. The molecular weight excluding hydrogens is 196 g/mol. The smallest absolute Gasteiger partial charge is 0.159 e. The third-order valence-electron chi connectivity index (χ3n) is 3.17. The molecule has 1 heteroatoms. The lowest BCUT2D eigenvalue weighted by Crippen LogP contribution is -2.12. The number of hydrogen-bond acceptors (Lipinski definition) is 1. The van der Waals surface area contributed by atoms with E-state index in [9.17, 15) is 4.79 Å². The molecule has 0 radical (unpaired) electrons. The average Bonchev–Trinajstić information content (AvgIpc) is 2.47. The first-order chi connectivity index (χ1) is 7.37. The molecule has 0 aliphatic heterocycles. The van der Waals surface area contributed by atoms with E-state index in [1.165, 1.54) is 0 Å². The topological polar surface area (TPSA) is 17.1 Å². The van der Waals surface area contributed by atoms with Gasteiger partial charge in [-0.05, 0) is 30.8 Å². The van der Waals surface area contributed by atoms with E-state index in [2.05, 4.69) is 33.1 Å². The molecule has 88 valence electrons. The second-order valence-electron chi connectivity index (χ2n) is 5.44. The highest BCUT2D eigenvalue weighted by atomic mass is 16.1. The lowest BCUT2D eigenvalue weighted by molar-refractivity contribution is -0.114. The Bertz CT molecular complexity index is 344. The average molecular weight is 218 g/mol. The number of rotatable bonds is 4. The Kier molecular flexibility index (Phi) is 3.90. The zero-order valence-corrected chi connectivity index (χ0v) is 10.7. The Morgan fingerprint density at radius 1 is 1.56 bits per heavy atom. The Morgan fingerprint density at radius 3 is 2.69 bits per heavy atom. The van der Waals surface area contributed by atoms with Gasteiger partial charge >= 0.3 is 0 Å². The minimum absolute atomic E-state index is 0.0186. The molecule has 0 aromatic carbocycles. The van der Waals surface area contributed by atoms with Gasteiger partial charge in [-0.15, -0.1) is 6.58 Å². The van der Waals surface area contributed by atoms with Crippen LogP contribution in [0.5, 0.6) is 0 Å². The molecule has 16 heavy (non-hydrogen) atoms. The van der Waals surface area contributed by atoms with Crippen LogP contribution in [0.25, 0.3) is 0 Å². The fraction of sp³-hybridized carbons (Fsp3) is 0.533. The van der Waals surface area contributed by atoms with E-state index in [1.54, 1.807) is 0 Å². The largest absolute Gasteiger partial charge is 0.295 e. The molecule has 0 aromatic rings. The minimum Gasteiger partial charge on any atom is -0.295 e. The van der Waals surface area contributed by atoms with Crippen LogP contribution in [0, 0.1) is 11.3 Å². The molecule has 1 unspecified atom stereocenters. The van der Waals surface area contributed by atoms with Gasteiger partial charge in [0.1, 0.15) is 0 Å². The summed E-state index contributed by atoms with van der Waals surface area (Å²) in [7, 11) is 0. The van der Waals surface area contributed by atoms with Crippen molar-refractivity contribution in [3.05, 3.63) is 36.5 Å². The van der Waals surface area contributed by atoms with Crippen LogP contribution in [0.3, 0.4) is 0 Å². The molecule has 0 bridgehead atoms. The van der Waals surface area contributed by atoms with Gasteiger partial charge in [-0.1, -0.05) is 38.2 Å². The van der Waals surface area contributed by atoms with Gasteiger partial charge in [0.25, 0.3) is 0 Å². The van der Waals surface area contributed by atoms with E-state index in [0.717, 1.165) is 24.0 Å². The maximum absolute atomic E-state index is 11.8. The predicted molar refractivity (Wildman–Crippen MR) is 69.2 cm³/mol. The maximum Gasteiger partial charge on any atom is 0.159 e. The number of Topliss-reactive ketones (excluding diaryl/α,β-unsaturated/α-hetero) is 1. The Labute approximate surface area is 98.9 Å². The quantitative estimate of drug-likeness (QED) is 0.513. The van der Waals surface area contributed by atoms with Crippen LogP contribution in [-0.4, -0.2) is 5.78 Å². The summed E-state index contributed by atoms with van der Waals surface area (Å²) in [6, 6.07) is 0. The maximum atomic E-state index is 11.8. The van der Waals surface area contributed by atoms with Crippen molar-refractivity contribution in [1.29, 1.82) is 0 Å². The lowest BCUT2D eigenvalue weighted by atomic mass is 9.83. The van der Waals surface area contributed by atoms with E-state index in [0.29, 0.717) is 12.2 Å². The molecule has 1 nitrogen and oxygen atoms in total. The highest BCUT2D eigenvalue weighted by Gasteiger charge is 2.30. The van der Waals surface area contributed by atoms with E-state index in [-0.39, 0.29) is 11.3 Å². The zero-order valence-electron chi connectivity index (χ0n) is 10.7. The summed E-state index contributed by atoms with van der Waals surface area (Å²) in [5.41, 5.74) is 2.09. The van der Waals surface area contributed by atoms with Crippen LogP contribution in [0.1, 0.15) is 40.0 Å². The van der Waals surface area contributed by atoms with Gasteiger partial charge < -0.3 is 0 Å². The second-order valence-corrected chi connectivity index (χ2v) is 5.44. The molecule has 1 atom stereocenters. The Morgan fingerprint density at radius 2 is 2.19 bits per heavy atom. The van der Waals surface area contributed by atoms with E-state index >= 15 is 0 Å². The SMILES string of the molecule is C=CCC(C)(C)/C=C1/C(=O)CCC1C(=C)C. The number of carbonyl (C=O) groups excluding carboxylic acids is 1. The number of ketones is 1. The molecule has 1 rings (SSSR count). The third kappa shape index (κ3) is 2.94. The summed E-state index contributed by atoms with van der Waals surface area (Å²) in [6.45, 7) is 14.0. The predicted octanol–water partition coefficient (Wildman–Crippen LogP) is 4.07. The molecule has 0 N–H and O–H groups in total. The second kappa shape index (κ2) is 4.82. The highest BCUT2D eigenvalue weighted by Crippen LogP contribution is 2.36.